The van der Waals surface area contributed by atoms with Crippen LogP contribution in [0.5, 0.6) is 0 Å². The van der Waals surface area contributed by atoms with Gasteiger partial charge in [0.2, 0.25) is 5.82 Å². The van der Waals surface area contributed by atoms with E-state index in [0.717, 1.165) is 25.9 Å². The van der Waals surface area contributed by atoms with E-state index in [1.54, 1.807) is 4.68 Å². The Morgan fingerprint density at radius 1 is 1.38 bits per heavy atom. The SMILES string of the molecule is O=C(O)N1CCC(CN2CCn3ncc([N+](=O)[O-])c32)CC1. The number of rotatable bonds is 3. The highest BCUT2D eigenvalue weighted by atomic mass is 16.6. The molecule has 0 spiro atoms. The molecule has 1 aromatic rings. The zero-order chi connectivity index (χ0) is 15.0. The number of carbonyl (C=O) groups is 1. The average Bonchev–Trinajstić information content (AvgIpc) is 3.02. The zero-order valence-corrected chi connectivity index (χ0v) is 11.5. The number of piperidine rings is 1. The number of likely N-dealkylation sites (tertiary alicyclic amines) is 1. The molecule has 0 atom stereocenters. The first-order chi connectivity index (χ1) is 10.1. The third kappa shape index (κ3) is 2.50. The van der Waals surface area contributed by atoms with E-state index in [4.69, 9.17) is 5.11 Å². The van der Waals surface area contributed by atoms with E-state index < -0.39 is 11.0 Å². The van der Waals surface area contributed by atoms with E-state index in [2.05, 4.69) is 5.10 Å². The van der Waals surface area contributed by atoms with Crippen LogP contribution in [0.2, 0.25) is 0 Å². The molecule has 3 rings (SSSR count). The summed E-state index contributed by atoms with van der Waals surface area (Å²) in [4.78, 5) is 24.9. The van der Waals surface area contributed by atoms with Crippen LogP contribution in [0, 0.1) is 16.0 Å². The highest BCUT2D eigenvalue weighted by Gasteiger charge is 2.33. The molecule has 1 amide bonds. The van der Waals surface area contributed by atoms with Gasteiger partial charge in [0, 0.05) is 26.2 Å². The van der Waals surface area contributed by atoms with Crippen molar-refractivity contribution in [2.24, 2.45) is 5.92 Å². The molecule has 1 fully saturated rings. The molecule has 2 aliphatic rings. The number of hydrogen-bond acceptors (Lipinski definition) is 5. The van der Waals surface area contributed by atoms with Crippen molar-refractivity contribution in [2.45, 2.75) is 19.4 Å². The molecule has 0 unspecified atom stereocenters. The van der Waals surface area contributed by atoms with E-state index >= 15 is 0 Å². The number of carboxylic acid groups (broad SMARTS) is 1. The van der Waals surface area contributed by atoms with E-state index in [0.29, 0.717) is 31.4 Å². The number of fused-ring (bicyclic) bond motifs is 1. The normalized spacial score (nSPS) is 18.9. The molecule has 9 nitrogen and oxygen atoms in total. The van der Waals surface area contributed by atoms with Gasteiger partial charge in [-0.05, 0) is 18.8 Å². The molecule has 1 saturated heterocycles. The average molecular weight is 295 g/mol. The van der Waals surface area contributed by atoms with Crippen LogP contribution in [-0.4, -0.2) is 57.0 Å². The molecule has 0 radical (unpaired) electrons. The molecule has 0 aliphatic carbocycles. The Morgan fingerprint density at radius 2 is 2.10 bits per heavy atom. The number of hydrogen-bond donors (Lipinski definition) is 1. The Bertz CT molecular complexity index is 564. The van der Waals surface area contributed by atoms with Crippen LogP contribution in [-0.2, 0) is 6.54 Å². The molecular formula is C12H17N5O4. The highest BCUT2D eigenvalue weighted by molar-refractivity contribution is 5.65. The van der Waals surface area contributed by atoms with Gasteiger partial charge in [-0.25, -0.2) is 9.48 Å². The Balaban J connectivity index is 1.65. The summed E-state index contributed by atoms with van der Waals surface area (Å²) in [6, 6.07) is 0. The first kappa shape index (κ1) is 13.7. The first-order valence-electron chi connectivity index (χ1n) is 6.99. The maximum atomic E-state index is 11.0. The fourth-order valence-electron chi connectivity index (χ4n) is 3.10. The molecular weight excluding hydrogens is 278 g/mol. The third-order valence-electron chi connectivity index (χ3n) is 4.23. The molecule has 0 aromatic carbocycles. The van der Waals surface area contributed by atoms with Crippen molar-refractivity contribution >= 4 is 17.6 Å². The Hall–Kier alpha value is -2.32. The zero-order valence-electron chi connectivity index (χ0n) is 11.5. The molecule has 1 aromatic heterocycles. The summed E-state index contributed by atoms with van der Waals surface area (Å²) in [5, 5.41) is 24.0. The molecule has 2 aliphatic heterocycles. The van der Waals surface area contributed by atoms with Crippen LogP contribution in [0.4, 0.5) is 16.3 Å². The fourth-order valence-corrected chi connectivity index (χ4v) is 3.10. The molecule has 114 valence electrons. The van der Waals surface area contributed by atoms with Gasteiger partial charge in [-0.15, -0.1) is 0 Å². The molecule has 9 heteroatoms. The fraction of sp³-hybridized carbons (Fsp3) is 0.667. The summed E-state index contributed by atoms with van der Waals surface area (Å²) < 4.78 is 1.67. The second kappa shape index (κ2) is 5.23. The van der Waals surface area contributed by atoms with Crippen molar-refractivity contribution in [1.29, 1.82) is 0 Å². The monoisotopic (exact) mass is 295 g/mol. The molecule has 0 bridgehead atoms. The summed E-state index contributed by atoms with van der Waals surface area (Å²) in [6.45, 7) is 3.19. The van der Waals surface area contributed by atoms with Gasteiger partial charge in [0.05, 0.1) is 11.5 Å². The summed E-state index contributed by atoms with van der Waals surface area (Å²) in [6.07, 6.45) is 2.02. The van der Waals surface area contributed by atoms with E-state index in [1.807, 2.05) is 4.90 Å². The van der Waals surface area contributed by atoms with Gasteiger partial charge in [-0.1, -0.05) is 0 Å². The largest absolute Gasteiger partial charge is 0.465 e. The van der Waals surface area contributed by atoms with Crippen molar-refractivity contribution in [3.8, 4) is 0 Å². The van der Waals surface area contributed by atoms with Crippen molar-refractivity contribution < 1.29 is 14.8 Å². The second-order valence-corrected chi connectivity index (χ2v) is 5.49. The quantitative estimate of drug-likeness (QED) is 0.659. The highest BCUT2D eigenvalue weighted by Crippen LogP contribution is 2.33. The molecule has 21 heavy (non-hydrogen) atoms. The number of anilines is 1. The lowest BCUT2D eigenvalue weighted by Crippen LogP contribution is -2.40. The summed E-state index contributed by atoms with van der Waals surface area (Å²) in [5.41, 5.74) is 0.0514. The Labute approximate surface area is 120 Å². The van der Waals surface area contributed by atoms with E-state index in [1.165, 1.54) is 11.1 Å². The minimum atomic E-state index is -0.872. The summed E-state index contributed by atoms with van der Waals surface area (Å²) >= 11 is 0. The van der Waals surface area contributed by atoms with Gasteiger partial charge in [0.15, 0.2) is 0 Å². The van der Waals surface area contributed by atoms with Crippen LogP contribution in [0.1, 0.15) is 12.8 Å². The topological polar surface area (TPSA) is 105 Å². The third-order valence-corrected chi connectivity index (χ3v) is 4.23. The maximum Gasteiger partial charge on any atom is 0.407 e. The molecule has 0 saturated carbocycles. The minimum absolute atomic E-state index is 0.0514. The van der Waals surface area contributed by atoms with Crippen LogP contribution >= 0.6 is 0 Å². The van der Waals surface area contributed by atoms with Crippen LogP contribution < -0.4 is 4.90 Å². The smallest absolute Gasteiger partial charge is 0.407 e. The Kier molecular flexibility index (Phi) is 3.40. The van der Waals surface area contributed by atoms with Crippen molar-refractivity contribution in [2.75, 3.05) is 31.1 Å². The lowest BCUT2D eigenvalue weighted by molar-refractivity contribution is -0.384. The number of amides is 1. The van der Waals surface area contributed by atoms with Gasteiger partial charge in [-0.2, -0.15) is 5.10 Å². The lowest BCUT2D eigenvalue weighted by Gasteiger charge is -2.32. The van der Waals surface area contributed by atoms with Crippen LogP contribution in [0.15, 0.2) is 6.20 Å². The number of aromatic nitrogens is 2. The van der Waals surface area contributed by atoms with E-state index in [9.17, 15) is 14.9 Å². The van der Waals surface area contributed by atoms with E-state index in [-0.39, 0.29) is 5.69 Å². The van der Waals surface area contributed by atoms with Gasteiger partial charge < -0.3 is 14.9 Å². The maximum absolute atomic E-state index is 11.0. The van der Waals surface area contributed by atoms with Gasteiger partial charge in [-0.3, -0.25) is 10.1 Å². The molecule has 1 N–H and O–H groups in total. The van der Waals surface area contributed by atoms with Crippen LogP contribution in [0.25, 0.3) is 0 Å². The lowest BCUT2D eigenvalue weighted by atomic mass is 9.96. The van der Waals surface area contributed by atoms with Gasteiger partial charge in [0.25, 0.3) is 0 Å². The van der Waals surface area contributed by atoms with Gasteiger partial charge in [0.1, 0.15) is 6.20 Å². The molecule has 3 heterocycles. The second-order valence-electron chi connectivity index (χ2n) is 5.49. The summed E-state index contributed by atoms with van der Waals surface area (Å²) in [7, 11) is 0. The Morgan fingerprint density at radius 3 is 2.71 bits per heavy atom. The first-order valence-corrected chi connectivity index (χ1v) is 6.99. The van der Waals surface area contributed by atoms with Crippen molar-refractivity contribution in [3.63, 3.8) is 0 Å². The van der Waals surface area contributed by atoms with Crippen LogP contribution in [0.3, 0.4) is 0 Å². The van der Waals surface area contributed by atoms with Gasteiger partial charge >= 0.3 is 11.8 Å². The predicted octanol–water partition coefficient (Wildman–Crippen LogP) is 1.00. The van der Waals surface area contributed by atoms with Crippen molar-refractivity contribution in [1.82, 2.24) is 14.7 Å². The predicted molar refractivity (Wildman–Crippen MR) is 73.4 cm³/mol. The standard InChI is InChI=1S/C12H17N5O4/c18-12(19)14-3-1-9(2-4-14)8-15-5-6-16-11(15)10(7-13-16)17(20)21/h7,9H,1-6,8H2,(H,18,19). The number of nitro groups is 1. The minimum Gasteiger partial charge on any atom is -0.465 e. The number of nitrogens with zero attached hydrogens (tertiary/aromatic N) is 5. The summed E-state index contributed by atoms with van der Waals surface area (Å²) in [5.74, 6) is 0.947. The van der Waals surface area contributed by atoms with Crippen molar-refractivity contribution in [3.05, 3.63) is 16.3 Å².